The third-order valence-corrected chi connectivity index (χ3v) is 1.48. The minimum Gasteiger partial charge on any atom is -0.547 e. The van der Waals surface area contributed by atoms with E-state index in [1.54, 1.807) is 0 Å². The summed E-state index contributed by atoms with van der Waals surface area (Å²) >= 11 is 0. The molecule has 88 valence electrons. The second-order valence-electron chi connectivity index (χ2n) is 2.51. The molecule has 0 aliphatic rings. The number of aliphatic carboxylic acids is 2. The van der Waals surface area contributed by atoms with Gasteiger partial charge in [0.2, 0.25) is 0 Å². The smallest absolute Gasteiger partial charge is 0.547 e. The van der Waals surface area contributed by atoms with Crippen molar-refractivity contribution in [3.05, 3.63) is 0 Å². The van der Waals surface area contributed by atoms with Gasteiger partial charge in [0.15, 0.2) is 0 Å². The van der Waals surface area contributed by atoms with E-state index in [-0.39, 0.29) is 17.1 Å². The fourth-order valence-electron chi connectivity index (χ4n) is 0.652. The van der Waals surface area contributed by atoms with Crippen LogP contribution in [0.15, 0.2) is 0 Å². The molecule has 4 unspecified atom stereocenters. The number of hydrogen-bond acceptors (Lipinski definition) is 8. The molecule has 0 bridgehead atoms. The van der Waals surface area contributed by atoms with Gasteiger partial charge in [0, 0.05) is 0 Å². The summed E-state index contributed by atoms with van der Waals surface area (Å²) in [5.74, 6) is -4.22. The molecule has 0 radical (unpaired) electrons. The van der Waals surface area contributed by atoms with Crippen molar-refractivity contribution in [1.29, 1.82) is 0 Å². The van der Waals surface area contributed by atoms with Gasteiger partial charge < -0.3 is 40.2 Å². The molecule has 0 aliphatic carbocycles. The number of carbonyl (C=O) groups excluding carboxylic acids is 2. The van der Waals surface area contributed by atoms with Crippen molar-refractivity contribution in [1.82, 2.24) is 0 Å². The number of rotatable bonds is 5. The van der Waals surface area contributed by atoms with Crippen LogP contribution in [-0.2, 0) is 26.7 Å². The van der Waals surface area contributed by atoms with Crippen molar-refractivity contribution in [3.63, 3.8) is 0 Å². The maximum absolute atomic E-state index is 9.96. The van der Waals surface area contributed by atoms with Gasteiger partial charge in [-0.15, -0.1) is 0 Å². The van der Waals surface area contributed by atoms with E-state index in [2.05, 4.69) is 0 Å². The summed E-state index contributed by atoms with van der Waals surface area (Å²) in [6, 6.07) is 0. The zero-order chi connectivity index (χ0) is 11.5. The van der Waals surface area contributed by atoms with Crippen molar-refractivity contribution in [2.45, 2.75) is 24.4 Å². The summed E-state index contributed by atoms with van der Waals surface area (Å²) in [6.45, 7) is 0. The molecule has 0 aromatic carbocycles. The predicted molar refractivity (Wildman–Crippen MR) is 34.0 cm³/mol. The van der Waals surface area contributed by atoms with E-state index in [0.29, 0.717) is 0 Å². The quantitative estimate of drug-likeness (QED) is 0.356. The summed E-state index contributed by atoms with van der Waals surface area (Å²) in [5.41, 5.74) is 0. The number of hydrogen-bond donors (Lipinski definition) is 4. The van der Waals surface area contributed by atoms with Crippen LogP contribution in [0.3, 0.4) is 0 Å². The fraction of sp³-hybridized carbons (Fsp3) is 0.667. The Morgan fingerprint density at radius 2 is 1.00 bits per heavy atom. The molecule has 0 saturated heterocycles. The summed E-state index contributed by atoms with van der Waals surface area (Å²) in [5, 5.41) is 54.7. The van der Waals surface area contributed by atoms with Gasteiger partial charge in [0.25, 0.3) is 0 Å². The van der Waals surface area contributed by atoms with Crippen LogP contribution in [0.25, 0.3) is 0 Å². The summed E-state index contributed by atoms with van der Waals surface area (Å²) in [4.78, 5) is 19.9. The monoisotopic (exact) mass is 264 g/mol. The first-order valence-electron chi connectivity index (χ1n) is 3.43. The van der Waals surface area contributed by atoms with E-state index >= 15 is 0 Å². The van der Waals surface area contributed by atoms with E-state index < -0.39 is 36.4 Å². The van der Waals surface area contributed by atoms with Crippen LogP contribution in [0, 0.1) is 0 Å². The molecule has 0 heterocycles. The van der Waals surface area contributed by atoms with Gasteiger partial charge in [-0.25, -0.2) is 0 Å². The van der Waals surface area contributed by atoms with E-state index in [1.807, 2.05) is 0 Å². The molecule has 0 aromatic heterocycles. The van der Waals surface area contributed by atoms with Crippen LogP contribution in [0.5, 0.6) is 0 Å². The Morgan fingerprint density at radius 1 is 0.800 bits per heavy atom. The number of aliphatic hydroxyl groups excluding tert-OH is 4. The second-order valence-corrected chi connectivity index (χ2v) is 2.51. The average molecular weight is 264 g/mol. The molecule has 0 aromatic rings. The van der Waals surface area contributed by atoms with E-state index in [4.69, 9.17) is 20.4 Å². The summed E-state index contributed by atoms with van der Waals surface area (Å²) in [7, 11) is 0. The van der Waals surface area contributed by atoms with Crippen molar-refractivity contribution >= 4 is 11.9 Å². The van der Waals surface area contributed by atoms with Crippen LogP contribution < -0.4 is 10.2 Å². The largest absolute Gasteiger partial charge is 2.00 e. The van der Waals surface area contributed by atoms with E-state index in [9.17, 15) is 19.8 Å². The first-order valence-corrected chi connectivity index (χ1v) is 3.43. The maximum Gasteiger partial charge on any atom is 2.00 e. The van der Waals surface area contributed by atoms with Crippen LogP contribution in [-0.4, -0.2) is 56.8 Å². The molecule has 4 atom stereocenters. The molecule has 0 saturated carbocycles. The molecule has 0 rings (SSSR count). The Morgan fingerprint density at radius 3 is 1.13 bits per heavy atom. The van der Waals surface area contributed by atoms with Crippen molar-refractivity contribution in [2.75, 3.05) is 0 Å². The molecule has 15 heavy (non-hydrogen) atoms. The number of aliphatic hydroxyl groups is 4. The van der Waals surface area contributed by atoms with Crippen molar-refractivity contribution in [3.8, 4) is 0 Å². The molecular formula is C6H8FeO8. The summed E-state index contributed by atoms with van der Waals surface area (Å²) in [6.07, 6.45) is -9.76. The van der Waals surface area contributed by atoms with Gasteiger partial charge in [-0.05, 0) is 0 Å². The number of carbonyl (C=O) groups is 2. The number of carboxylic acid groups (broad SMARTS) is 2. The molecule has 9 heteroatoms. The van der Waals surface area contributed by atoms with Gasteiger partial charge in [-0.3, -0.25) is 0 Å². The van der Waals surface area contributed by atoms with Gasteiger partial charge in [0.05, 0.1) is 11.9 Å². The minimum atomic E-state index is -2.50. The second kappa shape index (κ2) is 6.72. The normalized spacial score (nSPS) is 18.1. The zero-order valence-electron chi connectivity index (χ0n) is 7.08. The van der Waals surface area contributed by atoms with Gasteiger partial charge in [0.1, 0.15) is 24.4 Å². The number of carboxylic acids is 2. The first kappa shape index (κ1) is 16.7. The SMILES string of the molecule is O=C([O-])C(O)C(O)C(O)C(O)C(=O)[O-].[Fe+2]. The molecule has 8 nitrogen and oxygen atoms in total. The first-order chi connectivity index (χ1) is 6.29. The Bertz CT molecular complexity index is 207. The fourth-order valence-corrected chi connectivity index (χ4v) is 0.652. The van der Waals surface area contributed by atoms with Gasteiger partial charge in [-0.2, -0.15) is 0 Å². The molecule has 0 fully saturated rings. The Hall–Kier alpha value is -0.701. The Labute approximate surface area is 94.2 Å². The topological polar surface area (TPSA) is 161 Å². The standard InChI is InChI=1S/C6H10O8.Fe/c7-1(3(9)5(11)12)2(8)4(10)6(13)14;/h1-4,7-10H,(H,11,12)(H,13,14);/q;+2/p-2. The Kier molecular flexibility index (Phi) is 7.49. The predicted octanol–water partition coefficient (Wildman–Crippen LogP) is -6.07. The molecule has 0 aliphatic heterocycles. The third kappa shape index (κ3) is 4.56. The van der Waals surface area contributed by atoms with E-state index in [1.165, 1.54) is 0 Å². The Balaban J connectivity index is 0. The van der Waals surface area contributed by atoms with Crippen LogP contribution >= 0.6 is 0 Å². The van der Waals surface area contributed by atoms with Crippen molar-refractivity contribution in [2.24, 2.45) is 0 Å². The maximum atomic E-state index is 9.96. The van der Waals surface area contributed by atoms with E-state index in [0.717, 1.165) is 0 Å². The molecular weight excluding hydrogens is 256 g/mol. The molecule has 0 amide bonds. The van der Waals surface area contributed by atoms with Crippen molar-refractivity contribution < 1.29 is 57.3 Å². The van der Waals surface area contributed by atoms with Crippen LogP contribution in [0.2, 0.25) is 0 Å². The average Bonchev–Trinajstić information content (AvgIpc) is 2.12. The minimum absolute atomic E-state index is 0. The molecule has 0 spiro atoms. The van der Waals surface area contributed by atoms with Gasteiger partial charge in [-0.1, -0.05) is 0 Å². The summed E-state index contributed by atoms with van der Waals surface area (Å²) < 4.78 is 0. The van der Waals surface area contributed by atoms with Gasteiger partial charge >= 0.3 is 17.1 Å². The molecule has 4 N–H and O–H groups in total. The van der Waals surface area contributed by atoms with Crippen LogP contribution in [0.1, 0.15) is 0 Å². The third-order valence-electron chi connectivity index (χ3n) is 1.48. The van der Waals surface area contributed by atoms with Crippen LogP contribution in [0.4, 0.5) is 0 Å². The zero-order valence-corrected chi connectivity index (χ0v) is 8.19.